The van der Waals surface area contributed by atoms with Crippen LogP contribution in [0.2, 0.25) is 0 Å². The van der Waals surface area contributed by atoms with Crippen LogP contribution >= 0.6 is 0 Å². The molecule has 142 valence electrons. The van der Waals surface area contributed by atoms with Gasteiger partial charge in [0.1, 0.15) is 19.5 Å². The van der Waals surface area contributed by atoms with E-state index in [2.05, 4.69) is 13.8 Å². The van der Waals surface area contributed by atoms with Gasteiger partial charge in [0, 0.05) is 6.42 Å². The van der Waals surface area contributed by atoms with Crippen molar-refractivity contribution < 1.29 is 19.0 Å². The van der Waals surface area contributed by atoms with Crippen molar-refractivity contribution in [2.75, 3.05) is 20.0 Å². The molecule has 4 fully saturated rings. The molecule has 8 atom stereocenters. The van der Waals surface area contributed by atoms with Crippen LogP contribution in [0, 0.1) is 41.4 Å². The molecule has 4 aliphatic rings. The highest BCUT2D eigenvalue weighted by atomic mass is 16.7. The van der Waals surface area contributed by atoms with Crippen LogP contribution in [-0.4, -0.2) is 32.1 Å². The number of fused-ring (bicyclic) bond motifs is 5. The van der Waals surface area contributed by atoms with Crippen molar-refractivity contribution in [2.24, 2.45) is 41.4 Å². The van der Waals surface area contributed by atoms with Crippen molar-refractivity contribution in [3.63, 3.8) is 0 Å². The van der Waals surface area contributed by atoms with E-state index in [9.17, 15) is 4.79 Å². The molecule has 0 N–H and O–H groups in total. The third-order valence-corrected chi connectivity index (χ3v) is 7.85. The Kier molecular flexibility index (Phi) is 5.38. The van der Waals surface area contributed by atoms with Gasteiger partial charge >= 0.3 is 5.97 Å². The molecule has 2 bridgehead atoms. The van der Waals surface area contributed by atoms with E-state index >= 15 is 0 Å². The van der Waals surface area contributed by atoms with E-state index in [1.54, 1.807) is 0 Å². The van der Waals surface area contributed by atoms with E-state index < -0.39 is 0 Å². The lowest BCUT2D eigenvalue weighted by Crippen LogP contribution is -2.30. The molecule has 4 rings (SSSR count). The zero-order chi connectivity index (χ0) is 17.4. The van der Waals surface area contributed by atoms with Crippen LogP contribution in [0.25, 0.3) is 0 Å². The second kappa shape index (κ2) is 7.56. The number of rotatable bonds is 7. The highest BCUT2D eigenvalue weighted by Crippen LogP contribution is 2.66. The van der Waals surface area contributed by atoms with Gasteiger partial charge in [0.15, 0.2) is 0 Å². The Labute approximate surface area is 152 Å². The number of ether oxygens (including phenoxy) is 3. The Balaban J connectivity index is 1.27. The van der Waals surface area contributed by atoms with Gasteiger partial charge in [-0.3, -0.25) is 4.79 Å². The van der Waals surface area contributed by atoms with Crippen LogP contribution in [-0.2, 0) is 19.0 Å². The van der Waals surface area contributed by atoms with Crippen LogP contribution in [0.1, 0.15) is 58.8 Å². The van der Waals surface area contributed by atoms with Gasteiger partial charge in [-0.1, -0.05) is 26.7 Å². The summed E-state index contributed by atoms with van der Waals surface area (Å²) in [5, 5.41) is 0. The average molecular weight is 350 g/mol. The van der Waals surface area contributed by atoms with Crippen molar-refractivity contribution in [3.05, 3.63) is 0 Å². The van der Waals surface area contributed by atoms with Crippen LogP contribution in [0.15, 0.2) is 0 Å². The van der Waals surface area contributed by atoms with Gasteiger partial charge in [-0.2, -0.15) is 0 Å². The second-order valence-electron chi connectivity index (χ2n) is 8.88. The highest BCUT2D eigenvalue weighted by molar-refractivity contribution is 5.69. The Bertz CT molecular complexity index is 473. The summed E-state index contributed by atoms with van der Waals surface area (Å²) in [7, 11) is 0. The van der Waals surface area contributed by atoms with Crippen LogP contribution < -0.4 is 0 Å². The largest absolute Gasteiger partial charge is 0.463 e. The lowest BCUT2D eigenvalue weighted by molar-refractivity contribution is -0.147. The van der Waals surface area contributed by atoms with Crippen molar-refractivity contribution in [2.45, 2.75) is 64.9 Å². The summed E-state index contributed by atoms with van der Waals surface area (Å²) < 4.78 is 15.8. The van der Waals surface area contributed by atoms with E-state index in [1.807, 2.05) is 0 Å². The Morgan fingerprint density at radius 1 is 1.04 bits per heavy atom. The molecule has 4 nitrogen and oxygen atoms in total. The predicted octanol–water partition coefficient (Wildman–Crippen LogP) is 4.03. The summed E-state index contributed by atoms with van der Waals surface area (Å²) in [6.07, 6.45) is 8.52. The fourth-order valence-electron chi connectivity index (χ4n) is 6.89. The number of hydrogen-bond donors (Lipinski definition) is 0. The van der Waals surface area contributed by atoms with E-state index in [1.165, 1.54) is 32.1 Å². The molecule has 3 saturated carbocycles. The standard InChI is InChI=1S/C21H34O4/c1-3-13-7-14(4-2)21-18-9-16(20(13)21)8-15(18)5-6-19(22)24-11-17-10-23-12-25-17/h13-18,20-21H,3-12H2,1-2H3. The minimum atomic E-state index is -0.0676. The molecule has 1 heterocycles. The molecular weight excluding hydrogens is 316 g/mol. The SMILES string of the molecule is CCC1CC(CC)C2C3CC(CC3CCC(=O)OCC3COCO3)C12. The first-order valence-electron chi connectivity index (χ1n) is 10.6. The molecule has 0 radical (unpaired) electrons. The van der Waals surface area contributed by atoms with E-state index in [4.69, 9.17) is 14.2 Å². The minimum Gasteiger partial charge on any atom is -0.463 e. The third kappa shape index (κ3) is 3.37. The molecule has 0 aromatic heterocycles. The monoisotopic (exact) mass is 350 g/mol. The van der Waals surface area contributed by atoms with Gasteiger partial charge in [0.2, 0.25) is 0 Å². The van der Waals surface area contributed by atoms with Crippen LogP contribution in [0.4, 0.5) is 0 Å². The Morgan fingerprint density at radius 2 is 1.84 bits per heavy atom. The summed E-state index contributed by atoms with van der Waals surface area (Å²) in [6.45, 7) is 5.98. The molecule has 4 heteroatoms. The van der Waals surface area contributed by atoms with Gasteiger partial charge in [-0.05, 0) is 67.1 Å². The zero-order valence-corrected chi connectivity index (χ0v) is 15.8. The maximum absolute atomic E-state index is 12.1. The molecule has 1 aliphatic heterocycles. The molecule has 8 unspecified atom stereocenters. The molecular formula is C21H34O4. The van der Waals surface area contributed by atoms with Crippen molar-refractivity contribution >= 4 is 5.97 Å². The quantitative estimate of drug-likeness (QED) is 0.650. The summed E-state index contributed by atoms with van der Waals surface area (Å²) in [6, 6.07) is 0. The summed E-state index contributed by atoms with van der Waals surface area (Å²) in [5.74, 6) is 6.41. The summed E-state index contributed by atoms with van der Waals surface area (Å²) >= 11 is 0. The second-order valence-corrected chi connectivity index (χ2v) is 8.88. The first-order chi connectivity index (χ1) is 12.2. The minimum absolute atomic E-state index is 0.0558. The van der Waals surface area contributed by atoms with Gasteiger partial charge < -0.3 is 14.2 Å². The molecule has 0 aromatic rings. The molecule has 3 aliphatic carbocycles. The van der Waals surface area contributed by atoms with Gasteiger partial charge in [0.25, 0.3) is 0 Å². The third-order valence-electron chi connectivity index (χ3n) is 7.85. The number of hydrogen-bond acceptors (Lipinski definition) is 4. The molecule has 25 heavy (non-hydrogen) atoms. The van der Waals surface area contributed by atoms with Crippen LogP contribution in [0.5, 0.6) is 0 Å². The van der Waals surface area contributed by atoms with E-state index in [0.717, 1.165) is 47.8 Å². The first-order valence-corrected chi connectivity index (χ1v) is 10.6. The molecule has 0 aromatic carbocycles. The smallest absolute Gasteiger partial charge is 0.305 e. The fourth-order valence-corrected chi connectivity index (χ4v) is 6.89. The topological polar surface area (TPSA) is 44.8 Å². The molecule has 1 saturated heterocycles. The summed E-state index contributed by atoms with van der Waals surface area (Å²) in [5.41, 5.74) is 0. The number of esters is 1. The Hall–Kier alpha value is -0.610. The first kappa shape index (κ1) is 17.8. The van der Waals surface area contributed by atoms with Crippen molar-refractivity contribution in [3.8, 4) is 0 Å². The van der Waals surface area contributed by atoms with Crippen LogP contribution in [0.3, 0.4) is 0 Å². The Morgan fingerprint density at radius 3 is 2.56 bits per heavy atom. The molecule has 0 spiro atoms. The van der Waals surface area contributed by atoms with Gasteiger partial charge in [-0.25, -0.2) is 0 Å². The zero-order valence-electron chi connectivity index (χ0n) is 15.8. The highest BCUT2D eigenvalue weighted by Gasteiger charge is 2.59. The molecule has 0 amide bonds. The average Bonchev–Trinajstić information content (AvgIpc) is 3.39. The lowest BCUT2D eigenvalue weighted by Gasteiger charge is -2.35. The predicted molar refractivity (Wildman–Crippen MR) is 94.7 cm³/mol. The van der Waals surface area contributed by atoms with Gasteiger partial charge in [0.05, 0.1) is 6.61 Å². The van der Waals surface area contributed by atoms with Gasteiger partial charge in [-0.15, -0.1) is 0 Å². The fraction of sp³-hybridized carbons (Fsp3) is 0.952. The van der Waals surface area contributed by atoms with E-state index in [0.29, 0.717) is 26.4 Å². The van der Waals surface area contributed by atoms with Crippen molar-refractivity contribution in [1.82, 2.24) is 0 Å². The van der Waals surface area contributed by atoms with Crippen molar-refractivity contribution in [1.29, 1.82) is 0 Å². The van der Waals surface area contributed by atoms with E-state index in [-0.39, 0.29) is 12.1 Å². The number of carbonyl (C=O) groups excluding carboxylic acids is 1. The lowest BCUT2D eigenvalue weighted by atomic mass is 9.69. The maximum atomic E-state index is 12.1. The summed E-state index contributed by atoms with van der Waals surface area (Å²) in [4.78, 5) is 12.1. The number of carbonyl (C=O) groups is 1. The maximum Gasteiger partial charge on any atom is 0.305 e. The normalized spacial score (nSPS) is 45.0.